The van der Waals surface area contributed by atoms with Gasteiger partial charge in [-0.3, -0.25) is 4.79 Å². The molecule has 0 radical (unpaired) electrons. The van der Waals surface area contributed by atoms with Crippen molar-refractivity contribution < 1.29 is 18.7 Å². The number of halogens is 1. The molecule has 0 aliphatic carbocycles. The molecule has 1 heterocycles. The topological polar surface area (TPSA) is 65.7 Å². The van der Waals surface area contributed by atoms with E-state index in [9.17, 15) is 9.59 Å². The Labute approximate surface area is 190 Å². The molecule has 0 saturated carbocycles. The molecule has 0 amide bonds. The van der Waals surface area contributed by atoms with Gasteiger partial charge in [0.05, 0.1) is 10.4 Å². The molecular formula is C26H21ClO5. The summed E-state index contributed by atoms with van der Waals surface area (Å²) in [5.41, 5.74) is 3.14. The number of carbonyl (C=O) groups excluding carboxylic acids is 1. The number of hydrogen-bond acceptors (Lipinski definition) is 5. The van der Waals surface area contributed by atoms with Crippen molar-refractivity contribution in [3.05, 3.63) is 98.7 Å². The van der Waals surface area contributed by atoms with E-state index in [-0.39, 0.29) is 23.5 Å². The molecular weight excluding hydrogens is 428 g/mol. The fourth-order valence-corrected chi connectivity index (χ4v) is 3.76. The van der Waals surface area contributed by atoms with Crippen LogP contribution in [0.25, 0.3) is 22.3 Å². The number of carbonyl (C=O) groups is 1. The smallest absolute Gasteiger partial charge is 0.344 e. The molecule has 0 saturated heterocycles. The molecule has 3 aromatic carbocycles. The van der Waals surface area contributed by atoms with E-state index >= 15 is 0 Å². The number of benzene rings is 3. The third kappa shape index (κ3) is 4.53. The van der Waals surface area contributed by atoms with Crippen molar-refractivity contribution in [1.82, 2.24) is 0 Å². The fraction of sp³-hybridized carbons (Fsp3) is 0.154. The summed E-state index contributed by atoms with van der Waals surface area (Å²) in [7, 11) is 0. The fourth-order valence-electron chi connectivity index (χ4n) is 3.54. The summed E-state index contributed by atoms with van der Waals surface area (Å²) in [5.74, 6) is -0.498. The van der Waals surface area contributed by atoms with Crippen molar-refractivity contribution in [2.24, 2.45) is 0 Å². The average Bonchev–Trinajstić information content (AvgIpc) is 2.77. The quantitative estimate of drug-likeness (QED) is 0.346. The van der Waals surface area contributed by atoms with Crippen LogP contribution in [0.1, 0.15) is 16.7 Å². The molecule has 0 atom stereocenters. The Balaban J connectivity index is 1.69. The van der Waals surface area contributed by atoms with E-state index in [2.05, 4.69) is 0 Å². The Hall–Kier alpha value is -3.57. The van der Waals surface area contributed by atoms with Gasteiger partial charge in [-0.2, -0.15) is 0 Å². The molecule has 4 rings (SSSR count). The molecule has 0 aliphatic heterocycles. The summed E-state index contributed by atoms with van der Waals surface area (Å²) >= 11 is 6.37. The summed E-state index contributed by atoms with van der Waals surface area (Å²) in [5, 5.41) is 0.801. The molecule has 0 bridgehead atoms. The first-order valence-electron chi connectivity index (χ1n) is 10.1. The predicted molar refractivity (Wildman–Crippen MR) is 124 cm³/mol. The Morgan fingerprint density at radius 3 is 2.47 bits per heavy atom. The van der Waals surface area contributed by atoms with E-state index in [1.807, 2.05) is 50.2 Å². The van der Waals surface area contributed by atoms with Crippen LogP contribution >= 0.6 is 11.6 Å². The van der Waals surface area contributed by atoms with Crippen LogP contribution in [-0.4, -0.2) is 12.6 Å². The van der Waals surface area contributed by atoms with Crippen molar-refractivity contribution in [1.29, 1.82) is 0 Å². The first kappa shape index (κ1) is 21.7. The molecule has 5 nitrogen and oxygen atoms in total. The lowest BCUT2D eigenvalue weighted by Gasteiger charge is -2.13. The number of rotatable bonds is 6. The Morgan fingerprint density at radius 2 is 1.72 bits per heavy atom. The minimum atomic E-state index is -0.598. The van der Waals surface area contributed by atoms with Gasteiger partial charge in [-0.25, -0.2) is 4.79 Å². The lowest BCUT2D eigenvalue weighted by atomic mass is 10.0. The van der Waals surface area contributed by atoms with Gasteiger partial charge in [0.25, 0.3) is 0 Å². The Kier molecular flexibility index (Phi) is 6.28. The van der Waals surface area contributed by atoms with Crippen LogP contribution in [0.2, 0.25) is 5.02 Å². The molecule has 6 heteroatoms. The van der Waals surface area contributed by atoms with Crippen molar-refractivity contribution in [3.63, 3.8) is 0 Å². The van der Waals surface area contributed by atoms with Gasteiger partial charge in [-0.15, -0.1) is 0 Å². The second-order valence-corrected chi connectivity index (χ2v) is 7.87. The Morgan fingerprint density at radius 1 is 1.00 bits per heavy atom. The first-order valence-corrected chi connectivity index (χ1v) is 10.5. The monoisotopic (exact) mass is 448 g/mol. The standard InChI is InChI=1S/C26H21ClO5/c1-16-12-17(2)23-21(13-16)32-25(19-10-6-7-11-20(19)27)26(24(23)29)31-15-22(28)30-14-18-8-4-3-5-9-18/h3-13H,14-15H2,1-2H3. The zero-order valence-corrected chi connectivity index (χ0v) is 18.4. The summed E-state index contributed by atoms with van der Waals surface area (Å²) < 4.78 is 17.0. The largest absolute Gasteiger partial charge is 0.474 e. The highest BCUT2D eigenvalue weighted by molar-refractivity contribution is 6.33. The van der Waals surface area contributed by atoms with Crippen molar-refractivity contribution in [3.8, 4) is 17.1 Å². The summed E-state index contributed by atoms with van der Waals surface area (Å²) in [6.45, 7) is 3.44. The molecule has 0 aliphatic rings. The van der Waals surface area contributed by atoms with E-state index in [0.29, 0.717) is 21.6 Å². The van der Waals surface area contributed by atoms with E-state index in [4.69, 9.17) is 25.5 Å². The van der Waals surface area contributed by atoms with Crippen molar-refractivity contribution in [2.45, 2.75) is 20.5 Å². The molecule has 0 fully saturated rings. The molecule has 32 heavy (non-hydrogen) atoms. The highest BCUT2D eigenvalue weighted by atomic mass is 35.5. The van der Waals surface area contributed by atoms with Crippen LogP contribution in [0.3, 0.4) is 0 Å². The number of hydrogen-bond donors (Lipinski definition) is 0. The van der Waals surface area contributed by atoms with E-state index in [1.165, 1.54) is 0 Å². The van der Waals surface area contributed by atoms with Gasteiger partial charge in [0, 0.05) is 5.56 Å². The summed E-state index contributed by atoms with van der Waals surface area (Å²) in [4.78, 5) is 25.7. The van der Waals surface area contributed by atoms with Gasteiger partial charge in [0.2, 0.25) is 11.2 Å². The van der Waals surface area contributed by atoms with Crippen LogP contribution < -0.4 is 10.2 Å². The van der Waals surface area contributed by atoms with Crippen molar-refractivity contribution in [2.75, 3.05) is 6.61 Å². The lowest BCUT2D eigenvalue weighted by molar-refractivity contribution is -0.147. The van der Waals surface area contributed by atoms with Gasteiger partial charge >= 0.3 is 5.97 Å². The van der Waals surface area contributed by atoms with Gasteiger partial charge in [-0.1, -0.05) is 60.1 Å². The van der Waals surface area contributed by atoms with Crippen LogP contribution in [0.5, 0.6) is 5.75 Å². The minimum absolute atomic E-state index is 0.0748. The Bertz CT molecular complexity index is 1340. The lowest BCUT2D eigenvalue weighted by Crippen LogP contribution is -2.19. The third-order valence-corrected chi connectivity index (χ3v) is 5.32. The predicted octanol–water partition coefficient (Wildman–Crippen LogP) is 5.85. The van der Waals surface area contributed by atoms with Crippen LogP contribution in [0, 0.1) is 13.8 Å². The second kappa shape index (κ2) is 9.28. The first-order chi connectivity index (χ1) is 15.4. The number of ether oxygens (including phenoxy) is 2. The maximum Gasteiger partial charge on any atom is 0.344 e. The SMILES string of the molecule is Cc1cc(C)c2c(=O)c(OCC(=O)OCc3ccccc3)c(-c3ccccc3Cl)oc2c1. The molecule has 0 N–H and O–H groups in total. The number of fused-ring (bicyclic) bond motifs is 1. The van der Waals surface area contributed by atoms with Gasteiger partial charge in [0.15, 0.2) is 12.4 Å². The molecule has 0 unspecified atom stereocenters. The zero-order chi connectivity index (χ0) is 22.7. The second-order valence-electron chi connectivity index (χ2n) is 7.46. The molecule has 4 aromatic rings. The van der Waals surface area contributed by atoms with E-state index in [1.54, 1.807) is 30.3 Å². The van der Waals surface area contributed by atoms with Crippen LogP contribution in [-0.2, 0) is 16.1 Å². The molecule has 162 valence electrons. The van der Waals surface area contributed by atoms with Crippen LogP contribution in [0.15, 0.2) is 75.9 Å². The highest BCUT2D eigenvalue weighted by Gasteiger charge is 2.22. The molecule has 1 aromatic heterocycles. The normalized spacial score (nSPS) is 10.8. The summed E-state index contributed by atoms with van der Waals surface area (Å²) in [6.07, 6.45) is 0. The minimum Gasteiger partial charge on any atom is -0.474 e. The highest BCUT2D eigenvalue weighted by Crippen LogP contribution is 2.36. The number of esters is 1. The van der Waals surface area contributed by atoms with Crippen LogP contribution in [0.4, 0.5) is 0 Å². The maximum atomic E-state index is 13.4. The van der Waals surface area contributed by atoms with Gasteiger partial charge < -0.3 is 13.9 Å². The third-order valence-electron chi connectivity index (χ3n) is 4.99. The van der Waals surface area contributed by atoms with Gasteiger partial charge in [-0.05, 0) is 48.7 Å². The van der Waals surface area contributed by atoms with E-state index < -0.39 is 12.6 Å². The summed E-state index contributed by atoms with van der Waals surface area (Å²) in [6, 6.07) is 20.0. The maximum absolute atomic E-state index is 13.4. The molecule has 0 spiro atoms. The van der Waals surface area contributed by atoms with Crippen molar-refractivity contribution >= 4 is 28.5 Å². The average molecular weight is 449 g/mol. The van der Waals surface area contributed by atoms with Gasteiger partial charge in [0.1, 0.15) is 12.2 Å². The van der Waals surface area contributed by atoms with E-state index in [0.717, 1.165) is 16.7 Å². The zero-order valence-electron chi connectivity index (χ0n) is 17.7. The number of aryl methyl sites for hydroxylation is 2.